The zero-order valence-corrected chi connectivity index (χ0v) is 59.8. The Kier molecular flexibility index (Phi) is 16.5. The van der Waals surface area contributed by atoms with Crippen molar-refractivity contribution in [2.24, 2.45) is 0 Å². The number of rotatable bonds is 12. The number of pyridine rings is 3. The van der Waals surface area contributed by atoms with Gasteiger partial charge in [0.05, 0.1) is 52.9 Å². The molecular weight excluding hydrogens is 1380 g/mol. The van der Waals surface area contributed by atoms with Crippen LogP contribution in [0, 0.1) is 6.92 Å². The van der Waals surface area contributed by atoms with Gasteiger partial charge in [-0.2, -0.15) is 30.2 Å². The molecule has 2 fully saturated rings. The molecule has 0 aliphatic carbocycles. The fourth-order valence-corrected chi connectivity index (χ4v) is 14.8. The molecule has 0 saturated carbocycles. The molecule has 2 aliphatic heterocycles. The van der Waals surface area contributed by atoms with Crippen LogP contribution < -0.4 is 49.1 Å². The number of hydrogen-bond donors (Lipinski definition) is 6. The molecule has 0 atom stereocenters. The Morgan fingerprint density at radius 2 is 0.798 bits per heavy atom. The van der Waals surface area contributed by atoms with E-state index in [-0.39, 0.29) is 18.0 Å². The molecule has 12 N–H and O–H groups in total. The average Bonchev–Trinajstić information content (AvgIpc) is 1.71. The Hall–Kier alpha value is -14.2. The van der Waals surface area contributed by atoms with Gasteiger partial charge in [-0.05, 0) is 121 Å². The molecule has 2 aliphatic rings. The van der Waals surface area contributed by atoms with Crippen LogP contribution in [0.3, 0.4) is 0 Å². The first-order chi connectivity index (χ1) is 53.1. The van der Waals surface area contributed by atoms with Crippen molar-refractivity contribution in [1.29, 1.82) is 0 Å². The van der Waals surface area contributed by atoms with E-state index in [0.717, 1.165) is 112 Å². The van der Waals surface area contributed by atoms with Crippen LogP contribution in [0.15, 0.2) is 172 Å². The number of oxazole rings is 3. The summed E-state index contributed by atoms with van der Waals surface area (Å²) in [4.78, 5) is 63.3. The van der Waals surface area contributed by atoms with Gasteiger partial charge in [0.15, 0.2) is 33.7 Å². The summed E-state index contributed by atoms with van der Waals surface area (Å²) in [7, 11) is 6.13. The van der Waals surface area contributed by atoms with Crippen molar-refractivity contribution in [3.8, 4) is 33.8 Å². The van der Waals surface area contributed by atoms with Crippen LogP contribution in [-0.4, -0.2) is 154 Å². The van der Waals surface area contributed by atoms with Gasteiger partial charge in [-0.1, -0.05) is 66.7 Å². The van der Waals surface area contributed by atoms with Crippen molar-refractivity contribution in [3.05, 3.63) is 181 Å². The van der Waals surface area contributed by atoms with Gasteiger partial charge >= 0.3 is 0 Å². The van der Waals surface area contributed by atoms with Crippen LogP contribution in [0.25, 0.3) is 132 Å². The first-order valence-electron chi connectivity index (χ1n) is 35.5. The van der Waals surface area contributed by atoms with Gasteiger partial charge in [0, 0.05) is 86.2 Å². The number of benzene rings is 6. The van der Waals surface area contributed by atoms with E-state index in [2.05, 4.69) is 146 Å². The van der Waals surface area contributed by atoms with Gasteiger partial charge in [-0.3, -0.25) is 0 Å². The molecule has 18 aromatic rings. The van der Waals surface area contributed by atoms with E-state index in [1.54, 1.807) is 4.68 Å². The van der Waals surface area contributed by atoms with Crippen LogP contribution in [0.2, 0.25) is 0 Å². The number of aromatic nitrogens is 18. The molecular formula is C78H72N28O3. The topological polar surface area (TPSA) is 417 Å². The highest BCUT2D eigenvalue weighted by Crippen LogP contribution is 2.39. The third-order valence-corrected chi connectivity index (χ3v) is 19.9. The van der Waals surface area contributed by atoms with E-state index >= 15 is 0 Å². The smallest absolute Gasteiger partial charge is 0.292 e. The molecule has 0 unspecified atom stereocenters. The van der Waals surface area contributed by atoms with E-state index < -0.39 is 0 Å². The van der Waals surface area contributed by atoms with E-state index in [1.165, 1.54) is 48.2 Å². The van der Waals surface area contributed by atoms with Gasteiger partial charge in [0.1, 0.15) is 87.5 Å². The largest absolute Gasteiger partial charge is 0.424 e. The third kappa shape index (κ3) is 12.5. The van der Waals surface area contributed by atoms with Gasteiger partial charge in [-0.15, -0.1) is 0 Å². The minimum atomic E-state index is 0.115. The van der Waals surface area contributed by atoms with E-state index in [1.807, 2.05) is 95.1 Å². The van der Waals surface area contributed by atoms with Crippen molar-refractivity contribution in [3.63, 3.8) is 0 Å². The van der Waals surface area contributed by atoms with Crippen LogP contribution in [0.1, 0.15) is 35.5 Å². The lowest BCUT2D eigenvalue weighted by Crippen LogP contribution is -2.45. The van der Waals surface area contributed by atoms with Crippen molar-refractivity contribution >= 4 is 152 Å². The standard InChI is InChI=1S/C28H28N10O.C26H23N9O.C24H21N9O/c1-16-4-3-5-17-12-19(33-27(22(16)17)37-10-8-36(2)9-11-37)14-38-26-23(25(29)31-15-32-26)24(35-38)18-6-7-21-20(13-18)34-28(30)39-21;27-23-21-22(16-7-8-20-19(12-16)32-26(28)36-20)33-35(25(21)30-14-29-23)13-17-11-15-5-1-2-6-18(15)24(31-17)34-9-3-4-10-34;1-32(2)22-16-6-4-3-5-13(16)9-15(29-22)11-33-23-19(21(25)27-12-28-23)20(31-33)14-7-8-18-17(10-14)30-24(26)34-18/h3-7,12-13,15H,8-11,14H2,1-2H3,(H2,30,34)(H2,29,31,32);1-2,5-8,11-12,14H,3-4,9-10,13H2,(H2,28,32)(H2,27,29,30);3-10,12H,11H2,1-2H3,(H2,26,30)(H2,25,27,28). The lowest BCUT2D eigenvalue weighted by Gasteiger charge is -2.34. The zero-order chi connectivity index (χ0) is 74.3. The fourth-order valence-electron chi connectivity index (χ4n) is 14.8. The van der Waals surface area contributed by atoms with Gasteiger partial charge in [0.25, 0.3) is 18.0 Å². The summed E-state index contributed by atoms with van der Waals surface area (Å²) in [6, 6.07) is 46.5. The molecule has 12 aromatic heterocycles. The highest BCUT2D eigenvalue weighted by Gasteiger charge is 2.26. The molecule has 542 valence electrons. The molecule has 20 rings (SSSR count). The number of nitrogens with zero attached hydrogens (tertiary/aromatic N) is 22. The van der Waals surface area contributed by atoms with E-state index in [4.69, 9.17) is 77.9 Å². The van der Waals surface area contributed by atoms with Crippen LogP contribution in [-0.2, 0) is 19.6 Å². The Balaban J connectivity index is 0.000000115. The van der Waals surface area contributed by atoms with Crippen LogP contribution in [0.4, 0.5) is 53.0 Å². The van der Waals surface area contributed by atoms with Crippen molar-refractivity contribution in [1.82, 2.24) is 94.0 Å². The van der Waals surface area contributed by atoms with Crippen molar-refractivity contribution in [2.75, 3.05) is 110 Å². The lowest BCUT2D eigenvalue weighted by atomic mass is 10.0. The highest BCUT2D eigenvalue weighted by atomic mass is 16.4. The predicted octanol–water partition coefficient (Wildman–Crippen LogP) is 10.9. The SMILES string of the molecule is CN(C)c1nc(Cn2nc(-c3ccc4oc(N)nc4c3)c3c(N)ncnc32)cc2ccccc12.Cc1cccc2cc(Cn3nc(-c4ccc5oc(N)nc5c4)c4c(N)ncnc43)nc(N3CCN(C)CC3)c12.Nc1nc2cc(-c3nn(Cc4cc5ccccc5c(N5CCCC5)n4)c4ncnc(N)c34)ccc2o1. The van der Waals surface area contributed by atoms with Crippen molar-refractivity contribution in [2.45, 2.75) is 39.4 Å². The number of likely N-dealkylation sites (N-methyl/N-ethyl adjacent to an activating group) is 1. The van der Waals surface area contributed by atoms with E-state index in [0.29, 0.717) is 121 Å². The number of nitrogens with two attached hydrogens (primary N) is 6. The maximum absolute atomic E-state index is 6.36. The van der Waals surface area contributed by atoms with Crippen molar-refractivity contribution < 1.29 is 13.3 Å². The number of nitrogen functional groups attached to an aromatic ring is 6. The summed E-state index contributed by atoms with van der Waals surface area (Å²) in [6.07, 6.45) is 6.75. The van der Waals surface area contributed by atoms with Crippen LogP contribution >= 0.6 is 0 Å². The summed E-state index contributed by atoms with van der Waals surface area (Å²) in [5.41, 5.74) is 50.2. The Labute approximate surface area is 619 Å². The average molecular weight is 1450 g/mol. The number of anilines is 9. The lowest BCUT2D eigenvalue weighted by molar-refractivity contribution is 0.312. The minimum absolute atomic E-state index is 0.115. The molecule has 0 bridgehead atoms. The number of fused-ring (bicyclic) bond motifs is 9. The highest BCUT2D eigenvalue weighted by molar-refractivity contribution is 6.03. The summed E-state index contributed by atoms with van der Waals surface area (Å²) in [5, 5.41) is 23.7. The van der Waals surface area contributed by atoms with Crippen LogP contribution in [0.5, 0.6) is 0 Å². The normalized spacial score (nSPS) is 13.5. The first kappa shape index (κ1) is 66.7. The summed E-state index contributed by atoms with van der Waals surface area (Å²) in [6.45, 7) is 9.35. The fraction of sp³-hybridized carbons (Fsp3) is 0.192. The van der Waals surface area contributed by atoms with E-state index in [9.17, 15) is 0 Å². The second-order valence-electron chi connectivity index (χ2n) is 27.4. The maximum Gasteiger partial charge on any atom is 0.292 e. The molecule has 6 aromatic carbocycles. The first-order valence-corrected chi connectivity index (χ1v) is 35.5. The quantitative estimate of drug-likeness (QED) is 0.0661. The maximum atomic E-state index is 6.36. The number of aryl methyl sites for hydroxylation is 1. The summed E-state index contributed by atoms with van der Waals surface area (Å²) < 4.78 is 21.8. The molecule has 0 radical (unpaired) electrons. The molecule has 2 saturated heterocycles. The minimum Gasteiger partial charge on any atom is -0.424 e. The Morgan fingerprint density at radius 3 is 1.27 bits per heavy atom. The Bertz CT molecular complexity index is 6580. The number of piperazine rings is 1. The molecule has 0 amide bonds. The summed E-state index contributed by atoms with van der Waals surface area (Å²) in [5.74, 6) is 4.03. The second-order valence-corrected chi connectivity index (χ2v) is 27.4. The second kappa shape index (κ2) is 27.0. The monoisotopic (exact) mass is 1450 g/mol. The molecule has 31 heteroatoms. The van der Waals surface area contributed by atoms with Gasteiger partial charge in [-0.25, -0.2) is 58.9 Å². The Morgan fingerprint density at radius 1 is 0.394 bits per heavy atom. The zero-order valence-electron chi connectivity index (χ0n) is 59.8. The molecule has 31 nitrogen and oxygen atoms in total. The number of hydrogen-bond acceptors (Lipinski definition) is 28. The molecule has 109 heavy (non-hydrogen) atoms. The molecule has 0 spiro atoms. The molecule has 14 heterocycles. The van der Waals surface area contributed by atoms with Gasteiger partial charge < -0.3 is 67.3 Å². The van der Waals surface area contributed by atoms with Gasteiger partial charge in [0.2, 0.25) is 0 Å². The predicted molar refractivity (Wildman–Crippen MR) is 424 cm³/mol. The third-order valence-electron chi connectivity index (χ3n) is 19.9. The summed E-state index contributed by atoms with van der Waals surface area (Å²) >= 11 is 0.